The maximum absolute atomic E-state index is 13.7. The number of pyridine rings is 1. The van der Waals surface area contributed by atoms with Crippen molar-refractivity contribution in [1.82, 2.24) is 9.99 Å². The molecule has 1 amide bonds. The lowest BCUT2D eigenvalue weighted by molar-refractivity contribution is 0.0716. The first-order valence-electron chi connectivity index (χ1n) is 12.5. The molecule has 39 heavy (non-hydrogen) atoms. The summed E-state index contributed by atoms with van der Waals surface area (Å²) in [5.41, 5.74) is 5.08. The average molecular weight is 553 g/mol. The van der Waals surface area contributed by atoms with Crippen molar-refractivity contribution in [3.8, 4) is 11.1 Å². The molecule has 6 rings (SSSR count). The van der Waals surface area contributed by atoms with Gasteiger partial charge in [0, 0.05) is 47.7 Å². The van der Waals surface area contributed by atoms with Gasteiger partial charge >= 0.3 is 0 Å². The van der Waals surface area contributed by atoms with Crippen molar-refractivity contribution >= 4 is 51.1 Å². The maximum Gasteiger partial charge on any atom is 0.284 e. The van der Waals surface area contributed by atoms with Crippen LogP contribution in [0.3, 0.4) is 0 Å². The highest BCUT2D eigenvalue weighted by molar-refractivity contribution is 7.12. The summed E-state index contributed by atoms with van der Waals surface area (Å²) in [6.07, 6.45) is 0.396. The fraction of sp³-hybridized carbons (Fsp3) is 0.129. The standard InChI is InChI=1S/C31H25ClN4O2S/c1-35(2)22-13-10-19(11-14-22)26-18-25(34-36(26)31(38)27-9-6-16-39-27)29-28(20-7-4-3-5-8-20)23-17-21(32)12-15-24(23)33-30(29)37/h3-17,26H,18H2,1-2H3,(H,33,37). The molecule has 194 valence electrons. The smallest absolute Gasteiger partial charge is 0.284 e. The van der Waals surface area contributed by atoms with Crippen molar-refractivity contribution in [3.05, 3.63) is 122 Å². The number of hydrogen-bond acceptors (Lipinski definition) is 5. The van der Waals surface area contributed by atoms with E-state index in [-0.39, 0.29) is 17.5 Å². The monoisotopic (exact) mass is 552 g/mol. The van der Waals surface area contributed by atoms with Gasteiger partial charge in [0.15, 0.2) is 0 Å². The normalized spacial score (nSPS) is 15.0. The molecule has 1 aliphatic rings. The molecular formula is C31H25ClN4O2S. The van der Waals surface area contributed by atoms with Crippen LogP contribution in [0.1, 0.15) is 33.3 Å². The number of carbonyl (C=O) groups excluding carboxylic acids is 1. The maximum atomic E-state index is 13.7. The minimum absolute atomic E-state index is 0.191. The Hall–Kier alpha value is -4.20. The van der Waals surface area contributed by atoms with Crippen molar-refractivity contribution in [2.45, 2.75) is 12.5 Å². The number of hydrogen-bond donors (Lipinski definition) is 1. The number of halogens is 1. The number of amides is 1. The quantitative estimate of drug-likeness (QED) is 0.256. The molecule has 8 heteroatoms. The van der Waals surface area contributed by atoms with Crippen LogP contribution < -0.4 is 10.5 Å². The van der Waals surface area contributed by atoms with Gasteiger partial charge in [-0.05, 0) is 52.9 Å². The third-order valence-electron chi connectivity index (χ3n) is 6.97. The summed E-state index contributed by atoms with van der Waals surface area (Å²) >= 11 is 7.79. The van der Waals surface area contributed by atoms with Crippen molar-refractivity contribution in [2.24, 2.45) is 5.10 Å². The van der Waals surface area contributed by atoms with E-state index in [0.717, 1.165) is 27.8 Å². The van der Waals surface area contributed by atoms with Crippen LogP contribution in [0.2, 0.25) is 5.02 Å². The Morgan fingerprint density at radius 3 is 2.46 bits per heavy atom. The predicted octanol–water partition coefficient (Wildman–Crippen LogP) is 6.97. The minimum atomic E-state index is -0.358. The van der Waals surface area contributed by atoms with Crippen LogP contribution in [-0.2, 0) is 0 Å². The van der Waals surface area contributed by atoms with E-state index in [2.05, 4.69) is 4.98 Å². The first-order valence-corrected chi connectivity index (χ1v) is 13.8. The number of rotatable bonds is 5. The topological polar surface area (TPSA) is 68.8 Å². The van der Waals surface area contributed by atoms with E-state index in [0.29, 0.717) is 33.1 Å². The summed E-state index contributed by atoms with van der Waals surface area (Å²) < 4.78 is 0. The third-order valence-corrected chi connectivity index (χ3v) is 8.06. The molecule has 0 saturated carbocycles. The molecule has 0 fully saturated rings. The second kappa shape index (κ2) is 10.2. The van der Waals surface area contributed by atoms with Gasteiger partial charge in [-0.25, -0.2) is 5.01 Å². The van der Waals surface area contributed by atoms with E-state index in [1.165, 1.54) is 16.3 Å². The molecule has 1 aliphatic heterocycles. The van der Waals surface area contributed by atoms with Gasteiger partial charge in [0.2, 0.25) is 0 Å². The van der Waals surface area contributed by atoms with E-state index in [1.807, 2.05) is 97.2 Å². The van der Waals surface area contributed by atoms with Crippen LogP contribution in [0.4, 0.5) is 5.69 Å². The highest BCUT2D eigenvalue weighted by Gasteiger charge is 2.36. The van der Waals surface area contributed by atoms with Crippen LogP contribution >= 0.6 is 22.9 Å². The summed E-state index contributed by atoms with van der Waals surface area (Å²) in [6.45, 7) is 0. The molecule has 6 nitrogen and oxygen atoms in total. The zero-order valence-corrected chi connectivity index (χ0v) is 23.0. The van der Waals surface area contributed by atoms with Gasteiger partial charge in [0.25, 0.3) is 11.5 Å². The lowest BCUT2D eigenvalue weighted by Crippen LogP contribution is -2.26. The summed E-state index contributed by atoms with van der Waals surface area (Å²) in [5.74, 6) is -0.191. The summed E-state index contributed by atoms with van der Waals surface area (Å²) in [5, 5.41) is 9.64. The lowest BCUT2D eigenvalue weighted by Gasteiger charge is -2.22. The van der Waals surface area contributed by atoms with E-state index in [4.69, 9.17) is 16.7 Å². The van der Waals surface area contributed by atoms with Crippen LogP contribution in [0, 0.1) is 0 Å². The largest absolute Gasteiger partial charge is 0.378 e. The number of nitrogens with zero attached hydrogens (tertiary/aromatic N) is 3. The summed E-state index contributed by atoms with van der Waals surface area (Å²) in [7, 11) is 3.98. The molecule has 1 unspecified atom stereocenters. The van der Waals surface area contributed by atoms with E-state index < -0.39 is 0 Å². The molecule has 0 aliphatic carbocycles. The predicted molar refractivity (Wildman–Crippen MR) is 160 cm³/mol. The second-order valence-electron chi connectivity index (χ2n) is 9.64. The van der Waals surface area contributed by atoms with Gasteiger partial charge in [-0.1, -0.05) is 60.1 Å². The zero-order valence-electron chi connectivity index (χ0n) is 21.4. The highest BCUT2D eigenvalue weighted by atomic mass is 35.5. The minimum Gasteiger partial charge on any atom is -0.378 e. The number of H-pyrrole nitrogens is 1. The van der Waals surface area contributed by atoms with Gasteiger partial charge in [0.05, 0.1) is 22.2 Å². The number of nitrogens with one attached hydrogen (secondary N) is 1. The summed E-state index contributed by atoms with van der Waals surface area (Å²) in [6, 6.07) is 26.6. The van der Waals surface area contributed by atoms with Crippen molar-refractivity contribution in [1.29, 1.82) is 0 Å². The molecule has 3 aromatic carbocycles. The Bertz CT molecular complexity index is 1760. The van der Waals surface area contributed by atoms with Gasteiger partial charge in [-0.3, -0.25) is 9.59 Å². The average Bonchev–Trinajstić information content (AvgIpc) is 3.64. The number of aromatic amines is 1. The van der Waals surface area contributed by atoms with Gasteiger partial charge in [-0.15, -0.1) is 11.3 Å². The number of aromatic nitrogens is 1. The Balaban J connectivity index is 1.54. The SMILES string of the molecule is CN(C)c1ccc(C2CC(c3c(-c4ccccc4)c4cc(Cl)ccc4[nH]c3=O)=NN2C(=O)c2cccs2)cc1. The molecule has 0 bridgehead atoms. The molecule has 1 N–H and O–H groups in total. The van der Waals surface area contributed by atoms with Gasteiger partial charge < -0.3 is 9.88 Å². The second-order valence-corrected chi connectivity index (χ2v) is 11.0. The molecular weight excluding hydrogens is 528 g/mol. The zero-order chi connectivity index (χ0) is 27.1. The van der Waals surface area contributed by atoms with Crippen molar-refractivity contribution in [2.75, 3.05) is 19.0 Å². The molecule has 0 saturated heterocycles. The van der Waals surface area contributed by atoms with Crippen molar-refractivity contribution < 1.29 is 4.79 Å². The van der Waals surface area contributed by atoms with E-state index in [1.54, 1.807) is 12.1 Å². The van der Waals surface area contributed by atoms with Gasteiger partial charge in [0.1, 0.15) is 0 Å². The molecule has 0 radical (unpaired) electrons. The number of thiophene rings is 1. The number of fused-ring (bicyclic) bond motifs is 1. The summed E-state index contributed by atoms with van der Waals surface area (Å²) in [4.78, 5) is 33.0. The van der Waals surface area contributed by atoms with Crippen LogP contribution in [-0.4, -0.2) is 35.7 Å². The first kappa shape index (κ1) is 25.1. The molecule has 3 heterocycles. The Morgan fingerprint density at radius 1 is 1.00 bits per heavy atom. The fourth-order valence-electron chi connectivity index (χ4n) is 5.06. The van der Waals surface area contributed by atoms with Crippen LogP contribution in [0.25, 0.3) is 22.0 Å². The van der Waals surface area contributed by atoms with Gasteiger partial charge in [-0.2, -0.15) is 5.10 Å². The molecule has 1 atom stereocenters. The highest BCUT2D eigenvalue weighted by Crippen LogP contribution is 2.38. The first-order chi connectivity index (χ1) is 18.9. The third kappa shape index (κ3) is 4.64. The fourth-order valence-corrected chi connectivity index (χ4v) is 5.89. The number of carbonyl (C=O) groups is 1. The van der Waals surface area contributed by atoms with Crippen LogP contribution in [0.15, 0.2) is 100 Å². The van der Waals surface area contributed by atoms with Crippen molar-refractivity contribution in [3.63, 3.8) is 0 Å². The van der Waals surface area contributed by atoms with E-state index in [9.17, 15) is 9.59 Å². The van der Waals surface area contributed by atoms with Crippen LogP contribution in [0.5, 0.6) is 0 Å². The Morgan fingerprint density at radius 2 is 1.77 bits per heavy atom. The Kier molecular flexibility index (Phi) is 6.54. The number of benzene rings is 3. The number of hydrazone groups is 1. The molecule has 2 aromatic heterocycles. The van der Waals surface area contributed by atoms with E-state index >= 15 is 0 Å². The molecule has 5 aromatic rings. The molecule has 0 spiro atoms. The number of anilines is 1. The lowest BCUT2D eigenvalue weighted by atomic mass is 9.91. The Labute approximate surface area is 234 Å².